The van der Waals surface area contributed by atoms with Crippen molar-refractivity contribution in [1.82, 2.24) is 19.9 Å². The van der Waals surface area contributed by atoms with Crippen LogP contribution in [0.1, 0.15) is 31.4 Å². The Balaban J connectivity index is 1.29. The Morgan fingerprint density at radius 3 is 2.00 bits per heavy atom. The minimum Gasteiger partial charge on any atom is -0.368 e. The molecule has 7 nitrogen and oxygen atoms in total. The average Bonchev–Trinajstić information content (AvgIpc) is 2.69. The molecule has 0 radical (unpaired) electrons. The van der Waals surface area contributed by atoms with Crippen molar-refractivity contribution in [2.45, 2.75) is 32.6 Å². The third-order valence-corrected chi connectivity index (χ3v) is 5.82. The number of anilines is 3. The first-order valence-corrected chi connectivity index (χ1v) is 9.56. The van der Waals surface area contributed by atoms with Gasteiger partial charge in [-0.25, -0.2) is 9.97 Å². The summed E-state index contributed by atoms with van der Waals surface area (Å²) in [7, 11) is 0. The molecule has 0 saturated carbocycles. The van der Waals surface area contributed by atoms with E-state index in [4.69, 9.17) is 5.73 Å². The number of piperidine rings is 2. The predicted octanol–water partition coefficient (Wildman–Crippen LogP) is 2.29. The standard InChI is InChI=1S/C19H27N7/c1-14-12-23-18(13-22-14)26-10-5-16(6-11-26)15-3-8-25(9-4-15)17-2-7-21-19(20)24-17/h2,7,12-13,15-16H,3-6,8-11H2,1H3,(H2,20,21,24). The van der Waals surface area contributed by atoms with Crippen LogP contribution >= 0.6 is 0 Å². The number of aromatic nitrogens is 4. The molecule has 2 saturated heterocycles. The lowest BCUT2D eigenvalue weighted by Gasteiger charge is -2.40. The molecule has 0 amide bonds. The van der Waals surface area contributed by atoms with Gasteiger partial charge in [-0.15, -0.1) is 0 Å². The minimum absolute atomic E-state index is 0.358. The Morgan fingerprint density at radius 2 is 1.46 bits per heavy atom. The summed E-state index contributed by atoms with van der Waals surface area (Å²) in [5.41, 5.74) is 6.69. The van der Waals surface area contributed by atoms with Gasteiger partial charge in [-0.1, -0.05) is 0 Å². The van der Waals surface area contributed by atoms with Crippen LogP contribution in [0.3, 0.4) is 0 Å². The summed E-state index contributed by atoms with van der Waals surface area (Å²) in [6, 6.07) is 1.96. The Kier molecular flexibility index (Phi) is 4.86. The molecule has 7 heteroatoms. The number of rotatable bonds is 3. The Bertz CT molecular complexity index is 717. The van der Waals surface area contributed by atoms with E-state index < -0.39 is 0 Å². The number of nitrogens with zero attached hydrogens (tertiary/aromatic N) is 6. The normalized spacial score (nSPS) is 19.7. The molecule has 0 bridgehead atoms. The second-order valence-corrected chi connectivity index (χ2v) is 7.44. The second kappa shape index (κ2) is 7.43. The van der Waals surface area contributed by atoms with Gasteiger partial charge in [0.2, 0.25) is 5.95 Å². The third kappa shape index (κ3) is 3.71. The van der Waals surface area contributed by atoms with Gasteiger partial charge in [0.25, 0.3) is 0 Å². The van der Waals surface area contributed by atoms with Crippen LogP contribution in [0.2, 0.25) is 0 Å². The van der Waals surface area contributed by atoms with Crippen LogP contribution in [0.25, 0.3) is 0 Å². The summed E-state index contributed by atoms with van der Waals surface area (Å²) in [6.07, 6.45) is 10.5. The van der Waals surface area contributed by atoms with E-state index in [2.05, 4.69) is 29.7 Å². The van der Waals surface area contributed by atoms with Gasteiger partial charge >= 0.3 is 0 Å². The molecule has 0 spiro atoms. The predicted molar refractivity (Wildman–Crippen MR) is 103 cm³/mol. The maximum absolute atomic E-state index is 5.72. The first-order valence-electron chi connectivity index (χ1n) is 9.56. The number of hydrogen-bond donors (Lipinski definition) is 1. The van der Waals surface area contributed by atoms with Crippen molar-refractivity contribution < 1.29 is 0 Å². The fourth-order valence-corrected chi connectivity index (χ4v) is 4.29. The van der Waals surface area contributed by atoms with E-state index in [0.717, 1.165) is 55.3 Å². The monoisotopic (exact) mass is 353 g/mol. The SMILES string of the molecule is Cc1cnc(N2CCC(C3CCN(c4ccnc(N)n4)CC3)CC2)cn1. The van der Waals surface area contributed by atoms with Gasteiger partial charge in [0, 0.05) is 32.4 Å². The van der Waals surface area contributed by atoms with Crippen LogP contribution in [0, 0.1) is 18.8 Å². The maximum Gasteiger partial charge on any atom is 0.221 e. The summed E-state index contributed by atoms with van der Waals surface area (Å²) in [4.78, 5) is 22.0. The first kappa shape index (κ1) is 17.0. The molecule has 0 aromatic carbocycles. The lowest BCUT2D eigenvalue weighted by molar-refractivity contribution is 0.232. The molecule has 0 unspecified atom stereocenters. The van der Waals surface area contributed by atoms with Crippen LogP contribution in [0.15, 0.2) is 24.7 Å². The number of nitrogens with two attached hydrogens (primary N) is 1. The van der Waals surface area contributed by atoms with E-state index >= 15 is 0 Å². The van der Waals surface area contributed by atoms with Crippen LogP contribution in [-0.2, 0) is 0 Å². The molecule has 2 aromatic heterocycles. The van der Waals surface area contributed by atoms with E-state index in [-0.39, 0.29) is 0 Å². The van der Waals surface area contributed by atoms with Crippen molar-refractivity contribution in [2.75, 3.05) is 41.7 Å². The largest absolute Gasteiger partial charge is 0.368 e. The van der Waals surface area contributed by atoms with Crippen LogP contribution < -0.4 is 15.5 Å². The van der Waals surface area contributed by atoms with Gasteiger partial charge in [-0.05, 0) is 50.5 Å². The molecule has 2 fully saturated rings. The lowest BCUT2D eigenvalue weighted by Crippen LogP contribution is -2.41. The number of hydrogen-bond acceptors (Lipinski definition) is 7. The highest BCUT2D eigenvalue weighted by Gasteiger charge is 2.30. The van der Waals surface area contributed by atoms with Gasteiger partial charge in [-0.3, -0.25) is 4.98 Å². The van der Waals surface area contributed by atoms with Gasteiger partial charge in [0.15, 0.2) is 0 Å². The van der Waals surface area contributed by atoms with Gasteiger partial charge < -0.3 is 15.5 Å². The highest BCUT2D eigenvalue weighted by molar-refractivity contribution is 5.41. The summed E-state index contributed by atoms with van der Waals surface area (Å²) < 4.78 is 0. The van der Waals surface area contributed by atoms with E-state index in [1.54, 1.807) is 6.20 Å². The van der Waals surface area contributed by atoms with E-state index in [1.165, 1.54) is 25.7 Å². The molecule has 4 rings (SSSR count). The topological polar surface area (TPSA) is 84.1 Å². The van der Waals surface area contributed by atoms with Crippen molar-refractivity contribution in [1.29, 1.82) is 0 Å². The van der Waals surface area contributed by atoms with Gasteiger partial charge in [0.1, 0.15) is 11.6 Å². The zero-order valence-electron chi connectivity index (χ0n) is 15.4. The van der Waals surface area contributed by atoms with E-state index in [0.29, 0.717) is 5.95 Å². The van der Waals surface area contributed by atoms with E-state index in [9.17, 15) is 0 Å². The molecule has 0 atom stereocenters. The van der Waals surface area contributed by atoms with Crippen molar-refractivity contribution in [2.24, 2.45) is 11.8 Å². The third-order valence-electron chi connectivity index (χ3n) is 5.82. The van der Waals surface area contributed by atoms with Crippen LogP contribution in [0.4, 0.5) is 17.6 Å². The van der Waals surface area contributed by atoms with Crippen molar-refractivity contribution in [3.05, 3.63) is 30.4 Å². The Labute approximate surface area is 154 Å². The summed E-state index contributed by atoms with van der Waals surface area (Å²) >= 11 is 0. The fourth-order valence-electron chi connectivity index (χ4n) is 4.29. The van der Waals surface area contributed by atoms with E-state index in [1.807, 2.05) is 25.4 Å². The number of aryl methyl sites for hydroxylation is 1. The maximum atomic E-state index is 5.72. The van der Waals surface area contributed by atoms with Crippen LogP contribution in [0.5, 0.6) is 0 Å². The highest BCUT2D eigenvalue weighted by Crippen LogP contribution is 2.34. The quantitative estimate of drug-likeness (QED) is 0.906. The molecular formula is C19H27N7. The lowest BCUT2D eigenvalue weighted by atomic mass is 9.79. The highest BCUT2D eigenvalue weighted by atomic mass is 15.2. The molecule has 2 aliphatic heterocycles. The van der Waals surface area contributed by atoms with Crippen molar-refractivity contribution in [3.8, 4) is 0 Å². The zero-order valence-corrected chi connectivity index (χ0v) is 15.4. The van der Waals surface area contributed by atoms with Crippen molar-refractivity contribution in [3.63, 3.8) is 0 Å². The number of nitrogen functional groups attached to an aromatic ring is 1. The summed E-state index contributed by atoms with van der Waals surface area (Å²) in [5, 5.41) is 0. The molecule has 2 N–H and O–H groups in total. The second-order valence-electron chi connectivity index (χ2n) is 7.44. The van der Waals surface area contributed by atoms with Crippen molar-refractivity contribution >= 4 is 17.6 Å². The van der Waals surface area contributed by atoms with Gasteiger partial charge in [0.05, 0.1) is 18.1 Å². The van der Waals surface area contributed by atoms with Crippen LogP contribution in [-0.4, -0.2) is 46.1 Å². The first-order chi connectivity index (χ1) is 12.7. The Morgan fingerprint density at radius 1 is 0.846 bits per heavy atom. The molecular weight excluding hydrogens is 326 g/mol. The molecule has 4 heterocycles. The molecule has 26 heavy (non-hydrogen) atoms. The smallest absolute Gasteiger partial charge is 0.221 e. The Hall–Kier alpha value is -2.44. The minimum atomic E-state index is 0.358. The molecule has 138 valence electrons. The summed E-state index contributed by atoms with van der Waals surface area (Å²) in [5.74, 6) is 3.98. The molecule has 0 aliphatic carbocycles. The van der Waals surface area contributed by atoms with Gasteiger partial charge in [-0.2, -0.15) is 4.98 Å². The average molecular weight is 353 g/mol. The molecule has 2 aromatic rings. The fraction of sp³-hybridized carbons (Fsp3) is 0.579. The zero-order chi connectivity index (χ0) is 17.9. The summed E-state index contributed by atoms with van der Waals surface area (Å²) in [6.45, 7) is 6.27. The molecule has 2 aliphatic rings.